The van der Waals surface area contributed by atoms with Gasteiger partial charge in [-0.1, -0.05) is 12.4 Å². The lowest BCUT2D eigenvalue weighted by Gasteiger charge is -2.12. The Bertz CT molecular complexity index is 274. The van der Waals surface area contributed by atoms with E-state index in [0.717, 1.165) is 13.2 Å². The second kappa shape index (κ2) is 2.94. The molecule has 1 unspecified atom stereocenters. The molecule has 0 saturated carbocycles. The van der Waals surface area contributed by atoms with Gasteiger partial charge >= 0.3 is 0 Å². The fourth-order valence-electron chi connectivity index (χ4n) is 1.52. The standard InChI is InChI=1S/C8H11BN2O/c1-6-4-12-5-8(6)11-3-7(9)2-10-11/h2-3,6,8H,4-5H2,1H3/t6?,8-/m0/s1. The number of hydrogen-bond donors (Lipinski definition) is 0. The first-order chi connectivity index (χ1) is 5.77. The Morgan fingerprint density at radius 3 is 3.00 bits per heavy atom. The predicted octanol–water partition coefficient (Wildman–Crippen LogP) is -0.116. The Morgan fingerprint density at radius 2 is 2.50 bits per heavy atom. The molecule has 2 atom stereocenters. The molecular weight excluding hydrogens is 151 g/mol. The number of nitrogens with zero attached hydrogens (tertiary/aromatic N) is 2. The first-order valence-electron chi connectivity index (χ1n) is 4.15. The van der Waals surface area contributed by atoms with Crippen LogP contribution >= 0.6 is 0 Å². The first-order valence-corrected chi connectivity index (χ1v) is 4.15. The molecule has 12 heavy (non-hydrogen) atoms. The van der Waals surface area contributed by atoms with Gasteiger partial charge in [0.1, 0.15) is 7.85 Å². The van der Waals surface area contributed by atoms with Crippen molar-refractivity contribution < 1.29 is 4.74 Å². The van der Waals surface area contributed by atoms with Crippen molar-refractivity contribution in [1.82, 2.24) is 9.78 Å². The zero-order valence-corrected chi connectivity index (χ0v) is 7.10. The van der Waals surface area contributed by atoms with Crippen LogP contribution in [0, 0.1) is 5.92 Å². The van der Waals surface area contributed by atoms with Gasteiger partial charge in [-0.2, -0.15) is 5.10 Å². The summed E-state index contributed by atoms with van der Waals surface area (Å²) in [4.78, 5) is 0. The van der Waals surface area contributed by atoms with Crippen molar-refractivity contribution in [3.8, 4) is 0 Å². The van der Waals surface area contributed by atoms with Crippen LogP contribution < -0.4 is 5.46 Å². The summed E-state index contributed by atoms with van der Waals surface area (Å²) < 4.78 is 7.23. The largest absolute Gasteiger partial charge is 0.379 e. The maximum atomic E-state index is 5.57. The van der Waals surface area contributed by atoms with Gasteiger partial charge in [0, 0.05) is 18.3 Å². The minimum Gasteiger partial charge on any atom is -0.379 e. The summed E-state index contributed by atoms with van der Waals surface area (Å²) in [6, 6.07) is 0.363. The van der Waals surface area contributed by atoms with Crippen LogP contribution in [0.5, 0.6) is 0 Å². The van der Waals surface area contributed by atoms with Crippen LogP contribution in [0.15, 0.2) is 12.4 Å². The highest BCUT2D eigenvalue weighted by Crippen LogP contribution is 2.23. The van der Waals surface area contributed by atoms with E-state index in [9.17, 15) is 0 Å². The van der Waals surface area contributed by atoms with Gasteiger partial charge in [-0.3, -0.25) is 4.68 Å². The van der Waals surface area contributed by atoms with Crippen LogP contribution in [0.25, 0.3) is 0 Å². The molecule has 1 aromatic heterocycles. The molecular formula is C8H11BN2O. The van der Waals surface area contributed by atoms with Crippen LogP contribution in [-0.4, -0.2) is 30.8 Å². The summed E-state index contributed by atoms with van der Waals surface area (Å²) in [7, 11) is 5.57. The van der Waals surface area contributed by atoms with Crippen LogP contribution in [0.2, 0.25) is 0 Å². The molecule has 0 aliphatic carbocycles. The smallest absolute Gasteiger partial charge is 0.118 e. The van der Waals surface area contributed by atoms with Gasteiger partial charge in [0.2, 0.25) is 0 Å². The SMILES string of the molecule is [B]c1cnn([C@H]2COCC2C)c1. The minimum absolute atomic E-state index is 0.363. The highest BCUT2D eigenvalue weighted by atomic mass is 16.5. The van der Waals surface area contributed by atoms with Gasteiger partial charge in [0.05, 0.1) is 19.3 Å². The molecule has 1 aliphatic heterocycles. The van der Waals surface area contributed by atoms with Gasteiger partial charge in [-0.15, -0.1) is 0 Å². The van der Waals surface area contributed by atoms with E-state index >= 15 is 0 Å². The van der Waals surface area contributed by atoms with Crippen LogP contribution in [-0.2, 0) is 4.74 Å². The highest BCUT2D eigenvalue weighted by molar-refractivity contribution is 6.31. The van der Waals surface area contributed by atoms with Crippen molar-refractivity contribution >= 4 is 13.3 Å². The van der Waals surface area contributed by atoms with E-state index in [-0.39, 0.29) is 0 Å². The normalized spacial score (nSPS) is 29.4. The van der Waals surface area contributed by atoms with Crippen molar-refractivity contribution in [2.75, 3.05) is 13.2 Å². The summed E-state index contributed by atoms with van der Waals surface area (Å²) in [5.41, 5.74) is 0.717. The van der Waals surface area contributed by atoms with Crippen LogP contribution in [0.3, 0.4) is 0 Å². The zero-order chi connectivity index (χ0) is 8.55. The molecule has 2 radical (unpaired) electrons. The van der Waals surface area contributed by atoms with Crippen molar-refractivity contribution in [3.05, 3.63) is 12.4 Å². The van der Waals surface area contributed by atoms with E-state index in [2.05, 4.69) is 12.0 Å². The van der Waals surface area contributed by atoms with E-state index in [0.29, 0.717) is 17.4 Å². The number of hydrogen-bond acceptors (Lipinski definition) is 2. The fourth-order valence-corrected chi connectivity index (χ4v) is 1.52. The van der Waals surface area contributed by atoms with Gasteiger partial charge in [0.15, 0.2) is 0 Å². The first kappa shape index (κ1) is 7.86. The third-order valence-corrected chi connectivity index (χ3v) is 2.29. The van der Waals surface area contributed by atoms with E-state index < -0.39 is 0 Å². The Labute approximate surface area is 73.1 Å². The fraction of sp³-hybridized carbons (Fsp3) is 0.625. The number of rotatable bonds is 1. The third kappa shape index (κ3) is 1.27. The Balaban J connectivity index is 2.19. The summed E-state index contributed by atoms with van der Waals surface area (Å²) in [5.74, 6) is 0.532. The predicted molar refractivity (Wildman–Crippen MR) is 46.6 cm³/mol. The molecule has 0 aromatic carbocycles. The number of ether oxygens (including phenoxy) is 1. The van der Waals surface area contributed by atoms with Crippen molar-refractivity contribution in [1.29, 1.82) is 0 Å². The molecule has 1 saturated heterocycles. The Morgan fingerprint density at radius 1 is 1.67 bits per heavy atom. The maximum Gasteiger partial charge on any atom is 0.118 e. The van der Waals surface area contributed by atoms with Gasteiger partial charge < -0.3 is 4.74 Å². The second-order valence-corrected chi connectivity index (χ2v) is 3.34. The topological polar surface area (TPSA) is 27.1 Å². The summed E-state index contributed by atoms with van der Waals surface area (Å²) >= 11 is 0. The van der Waals surface area contributed by atoms with Gasteiger partial charge in [0.25, 0.3) is 0 Å². The molecule has 1 fully saturated rings. The summed E-state index contributed by atoms with van der Waals surface area (Å²) in [6.07, 6.45) is 3.53. The number of aromatic nitrogens is 2. The molecule has 2 heterocycles. The Hall–Kier alpha value is -0.765. The quantitative estimate of drug-likeness (QED) is 0.538. The maximum absolute atomic E-state index is 5.57. The average molecular weight is 162 g/mol. The molecule has 0 spiro atoms. The van der Waals surface area contributed by atoms with Crippen LogP contribution in [0.1, 0.15) is 13.0 Å². The lowest BCUT2D eigenvalue weighted by Crippen LogP contribution is -2.16. The average Bonchev–Trinajstić information content (AvgIpc) is 2.58. The molecule has 4 heteroatoms. The summed E-state index contributed by atoms with van der Waals surface area (Å²) in [5, 5.41) is 4.16. The second-order valence-electron chi connectivity index (χ2n) is 3.34. The monoisotopic (exact) mass is 162 g/mol. The third-order valence-electron chi connectivity index (χ3n) is 2.29. The zero-order valence-electron chi connectivity index (χ0n) is 7.10. The van der Waals surface area contributed by atoms with Gasteiger partial charge in [-0.05, 0) is 0 Å². The molecule has 0 amide bonds. The van der Waals surface area contributed by atoms with Crippen LogP contribution in [0.4, 0.5) is 0 Å². The highest BCUT2D eigenvalue weighted by Gasteiger charge is 2.25. The molecule has 3 nitrogen and oxygen atoms in total. The molecule has 2 rings (SSSR count). The van der Waals surface area contributed by atoms with Crippen molar-refractivity contribution in [2.45, 2.75) is 13.0 Å². The summed E-state index contributed by atoms with van der Waals surface area (Å²) in [6.45, 7) is 3.74. The molecule has 1 aliphatic rings. The van der Waals surface area contributed by atoms with E-state index in [1.54, 1.807) is 6.20 Å². The molecule has 0 N–H and O–H groups in total. The van der Waals surface area contributed by atoms with Crippen molar-refractivity contribution in [3.63, 3.8) is 0 Å². The van der Waals surface area contributed by atoms with E-state index in [4.69, 9.17) is 12.6 Å². The lowest BCUT2D eigenvalue weighted by molar-refractivity contribution is 0.181. The van der Waals surface area contributed by atoms with Gasteiger partial charge in [-0.25, -0.2) is 0 Å². The lowest BCUT2D eigenvalue weighted by atomic mass is 10.0. The van der Waals surface area contributed by atoms with E-state index in [1.165, 1.54) is 0 Å². The molecule has 0 bridgehead atoms. The molecule has 1 aromatic rings. The Kier molecular flexibility index (Phi) is 1.93. The minimum atomic E-state index is 0.363. The van der Waals surface area contributed by atoms with E-state index in [1.807, 2.05) is 10.9 Å². The molecule has 62 valence electrons. The van der Waals surface area contributed by atoms with Crippen molar-refractivity contribution in [2.24, 2.45) is 5.92 Å².